The SMILES string of the molecule is Fc1cccc(Cl)c1COc1ccc2ccccc2c1CNC1C2CC3CC(C2)CC1C3. The Kier molecular flexibility index (Phi) is 5.35. The van der Waals surface area contributed by atoms with Crippen LogP contribution in [0.4, 0.5) is 4.39 Å². The highest BCUT2D eigenvalue weighted by molar-refractivity contribution is 6.31. The van der Waals surface area contributed by atoms with Gasteiger partial charge in [0.25, 0.3) is 0 Å². The van der Waals surface area contributed by atoms with Crippen LogP contribution < -0.4 is 10.1 Å². The molecular weight excluding hydrogens is 421 g/mol. The van der Waals surface area contributed by atoms with Crippen molar-refractivity contribution in [3.63, 3.8) is 0 Å². The second-order valence-corrected chi connectivity index (χ2v) is 10.5. The van der Waals surface area contributed by atoms with E-state index in [2.05, 4.69) is 35.6 Å². The molecule has 0 unspecified atom stereocenters. The second kappa shape index (κ2) is 8.35. The van der Waals surface area contributed by atoms with Gasteiger partial charge < -0.3 is 10.1 Å². The van der Waals surface area contributed by atoms with Gasteiger partial charge in [0.05, 0.1) is 5.02 Å². The van der Waals surface area contributed by atoms with E-state index in [4.69, 9.17) is 16.3 Å². The van der Waals surface area contributed by atoms with Crippen molar-refractivity contribution in [1.82, 2.24) is 5.32 Å². The predicted octanol–water partition coefficient (Wildman–Crippen LogP) is 7.13. The molecule has 4 heteroatoms. The van der Waals surface area contributed by atoms with Gasteiger partial charge in [0, 0.05) is 23.7 Å². The molecule has 0 heterocycles. The molecule has 0 radical (unpaired) electrons. The third kappa shape index (κ3) is 3.70. The molecule has 4 aliphatic carbocycles. The molecule has 7 rings (SSSR count). The van der Waals surface area contributed by atoms with Crippen LogP contribution in [0.2, 0.25) is 5.02 Å². The summed E-state index contributed by atoms with van der Waals surface area (Å²) in [5, 5.41) is 6.75. The highest BCUT2D eigenvalue weighted by Gasteiger charge is 2.47. The van der Waals surface area contributed by atoms with Crippen LogP contribution in [-0.2, 0) is 13.2 Å². The quantitative estimate of drug-likeness (QED) is 0.432. The molecule has 1 N–H and O–H groups in total. The summed E-state index contributed by atoms with van der Waals surface area (Å²) in [5.74, 6) is 4.06. The van der Waals surface area contributed by atoms with Gasteiger partial charge in [0.15, 0.2) is 0 Å². The molecular formula is C28H29ClFNO. The molecule has 2 nitrogen and oxygen atoms in total. The van der Waals surface area contributed by atoms with Crippen molar-refractivity contribution < 1.29 is 9.13 Å². The first-order valence-electron chi connectivity index (χ1n) is 12.0. The number of ether oxygens (including phenoxy) is 1. The van der Waals surface area contributed by atoms with Crippen LogP contribution in [0, 0.1) is 29.5 Å². The fraction of sp³-hybridized carbons (Fsp3) is 0.429. The Hall–Kier alpha value is -2.10. The van der Waals surface area contributed by atoms with Crippen molar-refractivity contribution in [3.05, 3.63) is 76.6 Å². The van der Waals surface area contributed by atoms with Crippen LogP contribution in [0.3, 0.4) is 0 Å². The number of fused-ring (bicyclic) bond motifs is 1. The summed E-state index contributed by atoms with van der Waals surface area (Å²) in [5.41, 5.74) is 1.56. The molecule has 0 saturated heterocycles. The zero-order valence-corrected chi connectivity index (χ0v) is 19.0. The van der Waals surface area contributed by atoms with Gasteiger partial charge in [-0.15, -0.1) is 0 Å². The number of rotatable bonds is 6. The minimum atomic E-state index is -0.327. The van der Waals surface area contributed by atoms with Gasteiger partial charge in [0.2, 0.25) is 0 Å². The van der Waals surface area contributed by atoms with E-state index in [0.29, 0.717) is 16.6 Å². The van der Waals surface area contributed by atoms with Crippen molar-refractivity contribution >= 4 is 22.4 Å². The Balaban J connectivity index is 1.27. The van der Waals surface area contributed by atoms with Gasteiger partial charge in [-0.1, -0.05) is 48.0 Å². The van der Waals surface area contributed by atoms with Crippen LogP contribution in [0.1, 0.15) is 43.2 Å². The minimum Gasteiger partial charge on any atom is -0.488 e. The number of hydrogen-bond donors (Lipinski definition) is 1. The lowest BCUT2D eigenvalue weighted by Crippen LogP contribution is -2.54. The van der Waals surface area contributed by atoms with Crippen LogP contribution in [-0.4, -0.2) is 6.04 Å². The third-order valence-corrected chi connectivity index (χ3v) is 8.53. The summed E-state index contributed by atoms with van der Waals surface area (Å²) in [6.45, 7) is 0.892. The average molecular weight is 450 g/mol. The smallest absolute Gasteiger partial charge is 0.131 e. The van der Waals surface area contributed by atoms with E-state index in [9.17, 15) is 4.39 Å². The molecule has 0 amide bonds. The van der Waals surface area contributed by atoms with Crippen LogP contribution in [0.25, 0.3) is 10.8 Å². The summed E-state index contributed by atoms with van der Waals surface area (Å²) in [6, 6.07) is 17.9. The van der Waals surface area contributed by atoms with Gasteiger partial charge >= 0.3 is 0 Å². The largest absolute Gasteiger partial charge is 0.488 e. The van der Waals surface area contributed by atoms with E-state index >= 15 is 0 Å². The summed E-state index contributed by atoms with van der Waals surface area (Å²) < 4.78 is 20.5. The zero-order valence-electron chi connectivity index (χ0n) is 18.2. The van der Waals surface area contributed by atoms with Crippen LogP contribution in [0.15, 0.2) is 54.6 Å². The fourth-order valence-electron chi connectivity index (χ4n) is 6.93. The maximum Gasteiger partial charge on any atom is 0.131 e. The summed E-state index contributed by atoms with van der Waals surface area (Å²) in [6.07, 6.45) is 7.06. The first kappa shape index (κ1) is 20.5. The minimum absolute atomic E-state index is 0.120. The topological polar surface area (TPSA) is 21.3 Å². The van der Waals surface area contributed by atoms with Crippen molar-refractivity contribution in [3.8, 4) is 5.75 Å². The lowest BCUT2D eigenvalue weighted by molar-refractivity contribution is -0.0143. The van der Waals surface area contributed by atoms with Gasteiger partial charge in [-0.3, -0.25) is 0 Å². The number of hydrogen-bond acceptors (Lipinski definition) is 2. The van der Waals surface area contributed by atoms with E-state index in [1.165, 1.54) is 48.9 Å². The molecule has 3 aromatic carbocycles. The Morgan fingerprint density at radius 3 is 2.34 bits per heavy atom. The van der Waals surface area contributed by atoms with Crippen LogP contribution in [0.5, 0.6) is 5.75 Å². The zero-order chi connectivity index (χ0) is 21.7. The first-order valence-corrected chi connectivity index (χ1v) is 12.3. The maximum absolute atomic E-state index is 14.3. The molecule has 0 aromatic heterocycles. The lowest BCUT2D eigenvalue weighted by Gasteiger charge is -2.54. The Morgan fingerprint density at radius 2 is 1.59 bits per heavy atom. The van der Waals surface area contributed by atoms with Crippen molar-refractivity contribution in [2.75, 3.05) is 0 Å². The molecule has 3 aromatic rings. The molecule has 0 aliphatic heterocycles. The van der Waals surface area contributed by atoms with Crippen molar-refractivity contribution in [2.45, 2.75) is 51.3 Å². The van der Waals surface area contributed by atoms with Crippen molar-refractivity contribution in [1.29, 1.82) is 0 Å². The molecule has 4 aliphatic rings. The molecule has 4 fully saturated rings. The molecule has 0 spiro atoms. The maximum atomic E-state index is 14.3. The Labute approximate surface area is 194 Å². The molecule has 166 valence electrons. The van der Waals surface area contributed by atoms with Gasteiger partial charge in [-0.05, 0) is 84.7 Å². The molecule has 32 heavy (non-hydrogen) atoms. The molecule has 4 saturated carbocycles. The monoisotopic (exact) mass is 449 g/mol. The van der Waals surface area contributed by atoms with E-state index in [1.807, 2.05) is 6.07 Å². The lowest BCUT2D eigenvalue weighted by atomic mass is 9.54. The Morgan fingerprint density at radius 1 is 0.844 bits per heavy atom. The molecule has 0 atom stereocenters. The number of benzene rings is 3. The van der Waals surface area contributed by atoms with Crippen molar-refractivity contribution in [2.24, 2.45) is 23.7 Å². The Bertz CT molecular complexity index is 1100. The van der Waals surface area contributed by atoms with Crippen LogP contribution >= 0.6 is 11.6 Å². The van der Waals surface area contributed by atoms with Gasteiger partial charge in [0.1, 0.15) is 18.2 Å². The number of nitrogens with one attached hydrogen (secondary N) is 1. The number of halogens is 2. The standard InChI is InChI=1S/C28H29ClFNO/c29-25-6-3-7-26(30)24(25)16-32-27-9-8-19-4-1-2-5-22(19)23(27)15-31-28-20-11-17-10-18(13-20)14-21(28)12-17/h1-9,17-18,20-21,28,31H,10-16H2. The summed E-state index contributed by atoms with van der Waals surface area (Å²) in [7, 11) is 0. The third-order valence-electron chi connectivity index (χ3n) is 8.17. The molecule has 4 bridgehead atoms. The first-order chi connectivity index (χ1) is 15.7. The van der Waals surface area contributed by atoms with E-state index in [0.717, 1.165) is 41.5 Å². The highest BCUT2D eigenvalue weighted by atomic mass is 35.5. The highest BCUT2D eigenvalue weighted by Crippen LogP contribution is 2.53. The summed E-state index contributed by atoms with van der Waals surface area (Å²) >= 11 is 6.23. The van der Waals surface area contributed by atoms with Gasteiger partial charge in [-0.2, -0.15) is 0 Å². The summed E-state index contributed by atoms with van der Waals surface area (Å²) in [4.78, 5) is 0. The van der Waals surface area contributed by atoms with E-state index < -0.39 is 0 Å². The fourth-order valence-corrected chi connectivity index (χ4v) is 7.15. The average Bonchev–Trinajstić information content (AvgIpc) is 2.78. The second-order valence-electron chi connectivity index (χ2n) is 10.1. The predicted molar refractivity (Wildman–Crippen MR) is 127 cm³/mol. The van der Waals surface area contributed by atoms with E-state index in [-0.39, 0.29) is 12.4 Å². The normalized spacial score (nSPS) is 28.4. The van der Waals surface area contributed by atoms with Gasteiger partial charge in [-0.25, -0.2) is 4.39 Å². The van der Waals surface area contributed by atoms with E-state index in [1.54, 1.807) is 12.1 Å².